The summed E-state index contributed by atoms with van der Waals surface area (Å²) in [7, 11) is 0. The molecule has 0 amide bonds. The SMILES string of the molecule is Cc1nc(-c2csc(C3(N)CCCCCC3)n2)cs1. The van der Waals surface area contributed by atoms with Crippen molar-refractivity contribution in [3.63, 3.8) is 0 Å². The first-order valence-electron chi connectivity index (χ1n) is 6.85. The van der Waals surface area contributed by atoms with Crippen molar-refractivity contribution < 1.29 is 0 Å². The van der Waals surface area contributed by atoms with Gasteiger partial charge in [0.05, 0.1) is 10.5 Å². The van der Waals surface area contributed by atoms with Gasteiger partial charge in [-0.1, -0.05) is 25.7 Å². The summed E-state index contributed by atoms with van der Waals surface area (Å²) >= 11 is 3.37. The van der Waals surface area contributed by atoms with E-state index in [-0.39, 0.29) is 5.54 Å². The summed E-state index contributed by atoms with van der Waals surface area (Å²) in [4.78, 5) is 9.27. The summed E-state index contributed by atoms with van der Waals surface area (Å²) in [5.41, 5.74) is 8.38. The Hall–Kier alpha value is -0.780. The minimum Gasteiger partial charge on any atom is -0.319 e. The Labute approximate surface area is 121 Å². The number of thiazole rings is 2. The van der Waals surface area contributed by atoms with E-state index in [0.29, 0.717) is 0 Å². The molecule has 3 rings (SSSR count). The fourth-order valence-electron chi connectivity index (χ4n) is 2.67. The molecule has 102 valence electrons. The Morgan fingerprint density at radius 1 is 1.00 bits per heavy atom. The van der Waals surface area contributed by atoms with Crippen molar-refractivity contribution in [3.8, 4) is 11.4 Å². The largest absolute Gasteiger partial charge is 0.319 e. The predicted molar refractivity (Wildman–Crippen MR) is 81.5 cm³/mol. The maximum atomic E-state index is 6.61. The van der Waals surface area contributed by atoms with Gasteiger partial charge in [0.25, 0.3) is 0 Å². The molecule has 0 aromatic carbocycles. The van der Waals surface area contributed by atoms with E-state index in [0.717, 1.165) is 34.2 Å². The quantitative estimate of drug-likeness (QED) is 0.849. The van der Waals surface area contributed by atoms with Gasteiger partial charge >= 0.3 is 0 Å². The molecule has 0 radical (unpaired) electrons. The highest BCUT2D eigenvalue weighted by molar-refractivity contribution is 7.10. The number of hydrogen-bond acceptors (Lipinski definition) is 5. The molecular weight excluding hydrogens is 274 g/mol. The van der Waals surface area contributed by atoms with E-state index >= 15 is 0 Å². The molecule has 2 aromatic rings. The second-order valence-electron chi connectivity index (χ2n) is 5.36. The van der Waals surface area contributed by atoms with Crippen molar-refractivity contribution in [1.29, 1.82) is 0 Å². The Kier molecular flexibility index (Phi) is 3.69. The van der Waals surface area contributed by atoms with Crippen LogP contribution in [0.15, 0.2) is 10.8 Å². The van der Waals surface area contributed by atoms with E-state index in [1.165, 1.54) is 25.7 Å². The van der Waals surface area contributed by atoms with Gasteiger partial charge in [0, 0.05) is 10.8 Å². The molecule has 1 saturated carbocycles. The van der Waals surface area contributed by atoms with Gasteiger partial charge in [0.1, 0.15) is 16.4 Å². The zero-order chi connectivity index (χ0) is 13.3. The van der Waals surface area contributed by atoms with Crippen molar-refractivity contribution in [3.05, 3.63) is 20.8 Å². The summed E-state index contributed by atoms with van der Waals surface area (Å²) in [5.74, 6) is 0. The third-order valence-corrected chi connectivity index (χ3v) is 5.64. The van der Waals surface area contributed by atoms with Crippen molar-refractivity contribution >= 4 is 22.7 Å². The highest BCUT2D eigenvalue weighted by Gasteiger charge is 2.31. The Morgan fingerprint density at radius 2 is 1.63 bits per heavy atom. The monoisotopic (exact) mass is 293 g/mol. The topological polar surface area (TPSA) is 51.8 Å². The lowest BCUT2D eigenvalue weighted by Crippen LogP contribution is -2.35. The normalized spacial score (nSPS) is 19.3. The van der Waals surface area contributed by atoms with Gasteiger partial charge in [-0.05, 0) is 19.8 Å². The molecule has 3 nitrogen and oxygen atoms in total. The molecule has 1 fully saturated rings. The second-order valence-corrected chi connectivity index (χ2v) is 7.28. The fourth-order valence-corrected chi connectivity index (χ4v) is 4.27. The lowest BCUT2D eigenvalue weighted by Gasteiger charge is -2.25. The zero-order valence-corrected chi connectivity index (χ0v) is 12.8. The van der Waals surface area contributed by atoms with Crippen molar-refractivity contribution in [2.75, 3.05) is 0 Å². The molecule has 0 unspecified atom stereocenters. The van der Waals surface area contributed by atoms with E-state index in [9.17, 15) is 0 Å². The van der Waals surface area contributed by atoms with Crippen molar-refractivity contribution in [1.82, 2.24) is 9.97 Å². The molecule has 0 aliphatic heterocycles. The number of aryl methyl sites for hydroxylation is 1. The maximum absolute atomic E-state index is 6.61. The molecule has 0 atom stereocenters. The first-order chi connectivity index (χ1) is 9.17. The Bertz CT molecular complexity index is 551. The molecule has 5 heteroatoms. The van der Waals surface area contributed by atoms with Crippen LogP contribution in [0.4, 0.5) is 0 Å². The van der Waals surface area contributed by atoms with Crippen LogP contribution in [-0.2, 0) is 5.54 Å². The summed E-state index contributed by atoms with van der Waals surface area (Å²) in [5, 5.41) is 6.35. The minimum atomic E-state index is -0.204. The van der Waals surface area contributed by atoms with Gasteiger partial charge in [-0.2, -0.15) is 0 Å². The minimum absolute atomic E-state index is 0.204. The highest BCUT2D eigenvalue weighted by atomic mass is 32.1. The standard InChI is InChI=1S/C14H19N3S2/c1-10-16-11(8-18-10)12-9-19-13(17-12)14(15)6-4-2-3-5-7-14/h8-9H,2-7,15H2,1H3. The van der Waals surface area contributed by atoms with E-state index < -0.39 is 0 Å². The van der Waals surface area contributed by atoms with Crippen LogP contribution in [0.25, 0.3) is 11.4 Å². The van der Waals surface area contributed by atoms with E-state index in [1.807, 2.05) is 6.92 Å². The van der Waals surface area contributed by atoms with Crippen LogP contribution in [0.3, 0.4) is 0 Å². The molecule has 1 aliphatic carbocycles. The van der Waals surface area contributed by atoms with Gasteiger partial charge < -0.3 is 5.73 Å². The first kappa shape index (κ1) is 13.2. The van der Waals surface area contributed by atoms with Crippen LogP contribution in [0.5, 0.6) is 0 Å². The van der Waals surface area contributed by atoms with E-state index in [2.05, 4.69) is 15.7 Å². The van der Waals surface area contributed by atoms with Gasteiger partial charge in [0.15, 0.2) is 0 Å². The van der Waals surface area contributed by atoms with Crippen molar-refractivity contribution in [2.24, 2.45) is 5.73 Å². The van der Waals surface area contributed by atoms with Crippen molar-refractivity contribution in [2.45, 2.75) is 51.0 Å². The molecule has 0 bridgehead atoms. The molecule has 19 heavy (non-hydrogen) atoms. The van der Waals surface area contributed by atoms with Gasteiger partial charge in [0.2, 0.25) is 0 Å². The van der Waals surface area contributed by atoms with Gasteiger partial charge in [-0.25, -0.2) is 9.97 Å². The third-order valence-electron chi connectivity index (χ3n) is 3.81. The summed E-state index contributed by atoms with van der Waals surface area (Å²) in [6.45, 7) is 2.02. The van der Waals surface area contributed by atoms with Crippen LogP contribution in [0.2, 0.25) is 0 Å². The van der Waals surface area contributed by atoms with Crippen LogP contribution < -0.4 is 5.73 Å². The summed E-state index contributed by atoms with van der Waals surface area (Å²) in [6.07, 6.45) is 7.19. The molecular formula is C14H19N3S2. The number of rotatable bonds is 2. The molecule has 2 heterocycles. The molecule has 0 spiro atoms. The number of hydrogen-bond donors (Lipinski definition) is 1. The Morgan fingerprint density at radius 3 is 2.26 bits per heavy atom. The molecule has 2 N–H and O–H groups in total. The number of nitrogens with zero attached hydrogens (tertiary/aromatic N) is 2. The summed E-state index contributed by atoms with van der Waals surface area (Å²) in [6, 6.07) is 0. The van der Waals surface area contributed by atoms with Crippen LogP contribution in [0, 0.1) is 6.92 Å². The average Bonchev–Trinajstić information content (AvgIpc) is 2.97. The van der Waals surface area contributed by atoms with E-state index in [4.69, 9.17) is 10.7 Å². The number of aromatic nitrogens is 2. The summed E-state index contributed by atoms with van der Waals surface area (Å²) < 4.78 is 0. The first-order valence-corrected chi connectivity index (χ1v) is 8.61. The van der Waals surface area contributed by atoms with Gasteiger partial charge in [-0.3, -0.25) is 0 Å². The zero-order valence-electron chi connectivity index (χ0n) is 11.2. The van der Waals surface area contributed by atoms with Gasteiger partial charge in [-0.15, -0.1) is 22.7 Å². The van der Waals surface area contributed by atoms with Crippen LogP contribution >= 0.6 is 22.7 Å². The number of nitrogens with two attached hydrogens (primary N) is 1. The van der Waals surface area contributed by atoms with Crippen LogP contribution in [-0.4, -0.2) is 9.97 Å². The fraction of sp³-hybridized carbons (Fsp3) is 0.571. The predicted octanol–water partition coefficient (Wildman–Crippen LogP) is 4.08. The second kappa shape index (κ2) is 5.31. The highest BCUT2D eigenvalue weighted by Crippen LogP contribution is 2.36. The van der Waals surface area contributed by atoms with E-state index in [1.54, 1.807) is 22.7 Å². The Balaban J connectivity index is 1.87. The molecule has 0 saturated heterocycles. The average molecular weight is 293 g/mol. The maximum Gasteiger partial charge on any atom is 0.113 e. The molecule has 1 aliphatic rings. The van der Waals surface area contributed by atoms with Crippen LogP contribution in [0.1, 0.15) is 48.5 Å². The third kappa shape index (κ3) is 2.73. The lowest BCUT2D eigenvalue weighted by atomic mass is 9.92. The molecule has 2 aromatic heterocycles. The lowest BCUT2D eigenvalue weighted by molar-refractivity contribution is 0.384. The smallest absolute Gasteiger partial charge is 0.113 e.